The zero-order valence-electron chi connectivity index (χ0n) is 10.5. The smallest absolute Gasteiger partial charge is 0.0508 e. The average Bonchev–Trinajstić information content (AvgIpc) is 2.16. The molecule has 1 aromatic rings. The molecule has 0 amide bonds. The lowest BCUT2D eigenvalue weighted by Crippen LogP contribution is -2.22. The van der Waals surface area contributed by atoms with E-state index in [-0.39, 0.29) is 0 Å². The quantitative estimate of drug-likeness (QED) is 0.893. The summed E-state index contributed by atoms with van der Waals surface area (Å²) in [4.78, 5) is 2.29. The molecule has 0 fully saturated rings. The van der Waals surface area contributed by atoms with Gasteiger partial charge in [0, 0.05) is 24.6 Å². The number of hydrogen-bond acceptors (Lipinski definition) is 2. The largest absolute Gasteiger partial charge is 0.373 e. The van der Waals surface area contributed by atoms with E-state index in [4.69, 9.17) is 0 Å². The molecule has 0 bridgehead atoms. The maximum atomic E-state index is 3.64. The molecule has 0 unspecified atom stereocenters. The highest BCUT2D eigenvalue weighted by Crippen LogP contribution is 2.27. The summed E-state index contributed by atoms with van der Waals surface area (Å²) in [7, 11) is 4.10. The normalized spacial score (nSPS) is 10.9. The second-order valence-corrected chi connectivity index (χ2v) is 5.44. The number of rotatable bonds is 5. The van der Waals surface area contributed by atoms with Gasteiger partial charge in [0.1, 0.15) is 0 Å². The third-order valence-corrected chi connectivity index (χ3v) is 3.08. The van der Waals surface area contributed by atoms with Crippen LogP contribution in [0.25, 0.3) is 0 Å². The van der Waals surface area contributed by atoms with Crippen molar-refractivity contribution in [1.29, 1.82) is 0 Å². The van der Waals surface area contributed by atoms with Gasteiger partial charge in [-0.3, -0.25) is 0 Å². The van der Waals surface area contributed by atoms with Gasteiger partial charge in [-0.2, -0.15) is 0 Å². The molecule has 1 rings (SSSR count). The molecule has 0 aliphatic rings. The first-order valence-corrected chi connectivity index (χ1v) is 6.48. The van der Waals surface area contributed by atoms with Crippen LogP contribution in [0.5, 0.6) is 0 Å². The van der Waals surface area contributed by atoms with Crippen molar-refractivity contribution in [2.24, 2.45) is 5.92 Å². The van der Waals surface area contributed by atoms with Gasteiger partial charge in [0.25, 0.3) is 0 Å². The van der Waals surface area contributed by atoms with Crippen LogP contribution in [0.1, 0.15) is 19.4 Å². The van der Waals surface area contributed by atoms with E-state index in [2.05, 4.69) is 65.2 Å². The molecule has 0 aliphatic carbocycles. The van der Waals surface area contributed by atoms with Crippen molar-refractivity contribution in [1.82, 2.24) is 5.32 Å². The van der Waals surface area contributed by atoms with E-state index in [1.54, 1.807) is 0 Å². The Morgan fingerprint density at radius 2 is 2.06 bits per heavy atom. The lowest BCUT2D eigenvalue weighted by Gasteiger charge is -2.23. The molecule has 0 atom stereocenters. The Hall–Kier alpha value is -0.540. The SMILES string of the molecule is CNCc1ccc(N(C)CC(C)C)c(Br)c1. The number of anilines is 1. The van der Waals surface area contributed by atoms with Gasteiger partial charge in [-0.15, -0.1) is 0 Å². The molecule has 0 saturated heterocycles. The highest BCUT2D eigenvalue weighted by atomic mass is 79.9. The van der Waals surface area contributed by atoms with Gasteiger partial charge in [0.05, 0.1) is 5.69 Å². The second-order valence-electron chi connectivity index (χ2n) is 4.59. The molecule has 3 heteroatoms. The van der Waals surface area contributed by atoms with E-state index in [9.17, 15) is 0 Å². The first-order chi connectivity index (χ1) is 7.54. The minimum atomic E-state index is 0.675. The molecule has 2 nitrogen and oxygen atoms in total. The molecule has 16 heavy (non-hydrogen) atoms. The van der Waals surface area contributed by atoms with Crippen molar-refractivity contribution in [3.05, 3.63) is 28.2 Å². The lowest BCUT2D eigenvalue weighted by atomic mass is 10.1. The Morgan fingerprint density at radius 3 is 2.56 bits per heavy atom. The van der Waals surface area contributed by atoms with Gasteiger partial charge in [0.2, 0.25) is 0 Å². The fraction of sp³-hybridized carbons (Fsp3) is 0.538. The predicted molar refractivity (Wildman–Crippen MR) is 75.0 cm³/mol. The van der Waals surface area contributed by atoms with Crippen molar-refractivity contribution < 1.29 is 0 Å². The summed E-state index contributed by atoms with van der Waals surface area (Å²) >= 11 is 3.64. The zero-order valence-corrected chi connectivity index (χ0v) is 12.1. The van der Waals surface area contributed by atoms with Crippen LogP contribution in [0.4, 0.5) is 5.69 Å². The summed E-state index contributed by atoms with van der Waals surface area (Å²) in [5.41, 5.74) is 2.56. The number of benzene rings is 1. The molecule has 0 spiro atoms. The number of halogens is 1. The van der Waals surface area contributed by atoms with Crippen molar-refractivity contribution >= 4 is 21.6 Å². The van der Waals surface area contributed by atoms with Crippen LogP contribution >= 0.6 is 15.9 Å². The summed E-state index contributed by atoms with van der Waals surface area (Å²) in [6, 6.07) is 6.54. The maximum absolute atomic E-state index is 3.64. The fourth-order valence-corrected chi connectivity index (χ4v) is 2.55. The van der Waals surface area contributed by atoms with Gasteiger partial charge in [0.15, 0.2) is 0 Å². The third-order valence-electron chi connectivity index (χ3n) is 2.44. The van der Waals surface area contributed by atoms with Crippen molar-refractivity contribution in [3.8, 4) is 0 Å². The van der Waals surface area contributed by atoms with Crippen LogP contribution in [-0.4, -0.2) is 20.6 Å². The van der Waals surface area contributed by atoms with Crippen LogP contribution in [0.15, 0.2) is 22.7 Å². The summed E-state index contributed by atoms with van der Waals surface area (Å²) in [5, 5.41) is 3.16. The number of hydrogen-bond donors (Lipinski definition) is 1. The molecule has 1 N–H and O–H groups in total. The maximum Gasteiger partial charge on any atom is 0.0508 e. The van der Waals surface area contributed by atoms with E-state index < -0.39 is 0 Å². The first-order valence-electron chi connectivity index (χ1n) is 5.68. The summed E-state index contributed by atoms with van der Waals surface area (Å²) in [6.07, 6.45) is 0. The monoisotopic (exact) mass is 284 g/mol. The van der Waals surface area contributed by atoms with E-state index in [1.165, 1.54) is 15.7 Å². The molecule has 0 saturated carbocycles. The minimum absolute atomic E-state index is 0.675. The van der Waals surface area contributed by atoms with Crippen LogP contribution in [0, 0.1) is 5.92 Å². The zero-order chi connectivity index (χ0) is 12.1. The Morgan fingerprint density at radius 1 is 1.38 bits per heavy atom. The van der Waals surface area contributed by atoms with E-state index in [1.807, 2.05) is 7.05 Å². The minimum Gasteiger partial charge on any atom is -0.373 e. The summed E-state index contributed by atoms with van der Waals surface area (Å²) in [5.74, 6) is 0.675. The van der Waals surface area contributed by atoms with Crippen LogP contribution in [-0.2, 0) is 6.54 Å². The topological polar surface area (TPSA) is 15.3 Å². The lowest BCUT2D eigenvalue weighted by molar-refractivity contribution is 0.638. The molecule has 1 aromatic carbocycles. The van der Waals surface area contributed by atoms with Crippen LogP contribution in [0.2, 0.25) is 0 Å². The molecule has 0 heterocycles. The molecule has 90 valence electrons. The van der Waals surface area contributed by atoms with Gasteiger partial charge in [-0.25, -0.2) is 0 Å². The molecular formula is C13H21BrN2. The first kappa shape index (κ1) is 13.5. The summed E-state index contributed by atoms with van der Waals surface area (Å²) in [6.45, 7) is 6.45. The standard InChI is InChI=1S/C13H21BrN2/c1-10(2)9-16(4)13-6-5-11(8-15-3)7-12(13)14/h5-7,10,15H,8-9H2,1-4H3. The van der Waals surface area contributed by atoms with Gasteiger partial charge in [-0.1, -0.05) is 19.9 Å². The Balaban J connectivity index is 2.81. The second kappa shape index (κ2) is 6.26. The van der Waals surface area contributed by atoms with Crippen molar-refractivity contribution in [2.75, 3.05) is 25.5 Å². The highest BCUT2D eigenvalue weighted by molar-refractivity contribution is 9.10. The molecule has 0 radical (unpaired) electrons. The van der Waals surface area contributed by atoms with Crippen molar-refractivity contribution in [3.63, 3.8) is 0 Å². The van der Waals surface area contributed by atoms with Gasteiger partial charge >= 0.3 is 0 Å². The predicted octanol–water partition coefficient (Wildman–Crippen LogP) is 3.26. The van der Waals surface area contributed by atoms with E-state index in [0.29, 0.717) is 5.92 Å². The Bertz CT molecular complexity index is 337. The average molecular weight is 285 g/mol. The van der Waals surface area contributed by atoms with Crippen LogP contribution < -0.4 is 10.2 Å². The van der Waals surface area contributed by atoms with Gasteiger partial charge in [-0.05, 0) is 46.6 Å². The molecular weight excluding hydrogens is 264 g/mol. The Kier molecular flexibility index (Phi) is 5.29. The van der Waals surface area contributed by atoms with Crippen molar-refractivity contribution in [2.45, 2.75) is 20.4 Å². The molecule has 0 aliphatic heterocycles. The molecule has 0 aromatic heterocycles. The third kappa shape index (κ3) is 3.80. The van der Waals surface area contributed by atoms with Gasteiger partial charge < -0.3 is 10.2 Å². The number of nitrogens with one attached hydrogen (secondary N) is 1. The number of nitrogens with zero attached hydrogens (tertiary/aromatic N) is 1. The van der Waals surface area contributed by atoms with E-state index >= 15 is 0 Å². The van der Waals surface area contributed by atoms with E-state index in [0.717, 1.165) is 13.1 Å². The fourth-order valence-electron chi connectivity index (χ4n) is 1.82. The summed E-state index contributed by atoms with van der Waals surface area (Å²) < 4.78 is 1.17. The van der Waals surface area contributed by atoms with Crippen LogP contribution in [0.3, 0.4) is 0 Å². The highest BCUT2D eigenvalue weighted by Gasteiger charge is 2.07. The Labute approximate surface area is 107 Å².